The lowest BCUT2D eigenvalue weighted by molar-refractivity contribution is -0.141. The van der Waals surface area contributed by atoms with Crippen molar-refractivity contribution in [3.63, 3.8) is 0 Å². The number of hydrogen-bond acceptors (Lipinski definition) is 10. The van der Waals surface area contributed by atoms with Crippen LogP contribution in [-0.4, -0.2) is 103 Å². The van der Waals surface area contributed by atoms with E-state index in [1.165, 1.54) is 0 Å². The van der Waals surface area contributed by atoms with Crippen LogP contribution < -0.4 is 20.7 Å². The summed E-state index contributed by atoms with van der Waals surface area (Å²) in [4.78, 5) is 83.9. The predicted molar refractivity (Wildman–Crippen MR) is 198 cm³/mol. The van der Waals surface area contributed by atoms with Gasteiger partial charge in [-0.15, -0.1) is 0 Å². The second-order valence-electron chi connectivity index (χ2n) is 16.2. The molecule has 5 atom stereocenters. The molecule has 5 aliphatic rings. The molecule has 17 heteroatoms. The van der Waals surface area contributed by atoms with Crippen molar-refractivity contribution in [3.8, 4) is 0 Å². The largest absolute Gasteiger partial charge is 0.449 e. The van der Waals surface area contributed by atoms with Crippen LogP contribution in [0.15, 0.2) is 30.9 Å². The molecule has 300 valence electrons. The van der Waals surface area contributed by atoms with Crippen molar-refractivity contribution in [2.75, 3.05) is 19.7 Å². The number of aryl methyl sites for hydroxylation is 1. The van der Waals surface area contributed by atoms with Crippen molar-refractivity contribution < 1.29 is 46.7 Å². The first-order valence-corrected chi connectivity index (χ1v) is 20.7. The van der Waals surface area contributed by atoms with E-state index in [9.17, 15) is 37.2 Å². The SMILES string of the molecule is C=CC(=O)NC[C@@H]1NC(=O)OCC(C)(C)CCCCc2cccc3c2CN(C3)C(=O)O[C@@H]2C[C@@H](C(=O)N[C@]3(C(=O)NS(=O)(=O)C4CC4)C[C@H]3CC)N(C2)C1=O. The van der Waals surface area contributed by atoms with Gasteiger partial charge in [0, 0.05) is 26.1 Å². The van der Waals surface area contributed by atoms with E-state index >= 15 is 0 Å². The Kier molecular flexibility index (Phi) is 11.5. The fourth-order valence-electron chi connectivity index (χ4n) is 7.85. The molecular weight excluding hydrogens is 733 g/mol. The molecule has 55 heavy (non-hydrogen) atoms. The van der Waals surface area contributed by atoms with Gasteiger partial charge in [0.1, 0.15) is 23.7 Å². The number of fused-ring (bicyclic) bond motifs is 3. The molecule has 1 saturated heterocycles. The zero-order chi connectivity index (χ0) is 39.7. The number of nitrogens with zero attached hydrogens (tertiary/aromatic N) is 2. The maximum Gasteiger partial charge on any atom is 0.410 e. The summed E-state index contributed by atoms with van der Waals surface area (Å²) in [5.41, 5.74) is 1.32. The number of alkyl carbamates (subject to hydrolysis) is 1. The van der Waals surface area contributed by atoms with E-state index in [-0.39, 0.29) is 38.5 Å². The average Bonchev–Trinajstić information content (AvgIpc) is 4.04. The van der Waals surface area contributed by atoms with Crippen LogP contribution in [0.1, 0.15) is 88.8 Å². The van der Waals surface area contributed by atoms with Crippen LogP contribution in [0.4, 0.5) is 9.59 Å². The number of rotatable bonds is 9. The third kappa shape index (κ3) is 9.08. The lowest BCUT2D eigenvalue weighted by Crippen LogP contribution is -2.59. The Morgan fingerprint density at radius 3 is 2.53 bits per heavy atom. The standard InChI is InChI=1S/C38H52N6O10S/c1-5-25-17-38(25,34(48)42-55(51,52)27-13-14-27)41-32(46)30-16-26-20-44(30)33(47)29(18-39-31(45)6-2)40-35(49)53-22-37(3,4)15-8-7-10-23-11-9-12-24-19-43(21-28(23)24)36(50)54-26/h6,9,11-12,25-27,29-30H,2,5,7-8,10,13-22H2,1,3-4H3,(H,39,45)(H,40,49)(H,41,46)(H,42,48)/t25-,26-,29+,30+,38-/m1/s1. The number of ether oxygens (including phenoxy) is 2. The smallest absolute Gasteiger partial charge is 0.410 e. The molecule has 4 N–H and O–H groups in total. The van der Waals surface area contributed by atoms with Crippen molar-refractivity contribution in [1.82, 2.24) is 30.5 Å². The quantitative estimate of drug-likeness (QED) is 0.268. The molecule has 0 aromatic heterocycles. The molecule has 4 bridgehead atoms. The normalized spacial score (nSPS) is 28.2. The van der Waals surface area contributed by atoms with E-state index in [1.807, 2.05) is 32.9 Å². The molecule has 1 aromatic rings. The molecule has 2 aliphatic carbocycles. The zero-order valence-corrected chi connectivity index (χ0v) is 32.5. The Hall–Kier alpha value is -4.67. The summed E-state index contributed by atoms with van der Waals surface area (Å²) < 4.78 is 39.1. The number of amides is 6. The molecule has 2 saturated carbocycles. The molecule has 3 aliphatic heterocycles. The summed E-state index contributed by atoms with van der Waals surface area (Å²) in [6, 6.07) is 3.32. The van der Waals surface area contributed by atoms with E-state index in [1.54, 1.807) is 4.90 Å². The molecule has 1 aromatic carbocycles. The highest BCUT2D eigenvalue weighted by Gasteiger charge is 2.62. The number of carbonyl (C=O) groups is 6. The fourth-order valence-corrected chi connectivity index (χ4v) is 9.22. The lowest BCUT2D eigenvalue weighted by Gasteiger charge is -2.30. The van der Waals surface area contributed by atoms with E-state index in [0.29, 0.717) is 32.4 Å². The van der Waals surface area contributed by atoms with Crippen LogP contribution in [-0.2, 0) is 58.2 Å². The summed E-state index contributed by atoms with van der Waals surface area (Å²) in [7, 11) is -3.92. The highest BCUT2D eigenvalue weighted by atomic mass is 32.2. The van der Waals surface area contributed by atoms with E-state index in [2.05, 4.69) is 33.3 Å². The minimum atomic E-state index is -3.92. The first-order valence-electron chi connectivity index (χ1n) is 19.1. The summed E-state index contributed by atoms with van der Waals surface area (Å²) in [6.45, 7) is 9.33. The van der Waals surface area contributed by atoms with Gasteiger partial charge in [0.15, 0.2) is 0 Å². The summed E-state index contributed by atoms with van der Waals surface area (Å²) in [5, 5.41) is 7.16. The van der Waals surface area contributed by atoms with Crippen molar-refractivity contribution in [3.05, 3.63) is 47.5 Å². The number of hydrogen-bond donors (Lipinski definition) is 4. The Morgan fingerprint density at radius 2 is 1.84 bits per heavy atom. The molecule has 0 unspecified atom stereocenters. The fraction of sp³-hybridized carbons (Fsp3) is 0.632. The molecule has 3 fully saturated rings. The van der Waals surface area contributed by atoms with Crippen LogP contribution in [0, 0.1) is 11.3 Å². The summed E-state index contributed by atoms with van der Waals surface area (Å²) in [5.74, 6) is -3.33. The highest BCUT2D eigenvalue weighted by molar-refractivity contribution is 7.91. The minimum absolute atomic E-state index is 0.0560. The van der Waals surface area contributed by atoms with Gasteiger partial charge in [0.25, 0.3) is 5.91 Å². The van der Waals surface area contributed by atoms with Crippen LogP contribution >= 0.6 is 0 Å². The number of sulfonamides is 1. The van der Waals surface area contributed by atoms with Gasteiger partial charge >= 0.3 is 12.2 Å². The topological polar surface area (TPSA) is 210 Å². The van der Waals surface area contributed by atoms with Gasteiger partial charge < -0.3 is 30.3 Å². The zero-order valence-electron chi connectivity index (χ0n) is 31.7. The van der Waals surface area contributed by atoms with Crippen molar-refractivity contribution in [2.24, 2.45) is 11.3 Å². The number of nitrogens with one attached hydrogen (secondary N) is 4. The number of cyclic esters (lactones) is 1. The monoisotopic (exact) mass is 784 g/mol. The maximum absolute atomic E-state index is 14.4. The summed E-state index contributed by atoms with van der Waals surface area (Å²) in [6.07, 6.45) is 3.23. The van der Waals surface area contributed by atoms with Gasteiger partial charge in [0.2, 0.25) is 27.7 Å². The first kappa shape index (κ1) is 40.0. The second-order valence-corrected chi connectivity index (χ2v) is 18.2. The average molecular weight is 785 g/mol. The molecular formula is C38H52N6O10S. The molecule has 3 heterocycles. The summed E-state index contributed by atoms with van der Waals surface area (Å²) >= 11 is 0. The van der Waals surface area contributed by atoms with Crippen LogP contribution in [0.3, 0.4) is 0 Å². The van der Waals surface area contributed by atoms with Gasteiger partial charge in [-0.3, -0.25) is 28.8 Å². The van der Waals surface area contributed by atoms with Gasteiger partial charge in [-0.1, -0.05) is 58.4 Å². The lowest BCUT2D eigenvalue weighted by atomic mass is 9.87. The van der Waals surface area contributed by atoms with E-state index in [0.717, 1.165) is 53.3 Å². The van der Waals surface area contributed by atoms with Crippen molar-refractivity contribution in [1.29, 1.82) is 0 Å². The predicted octanol–water partition coefficient (Wildman–Crippen LogP) is 2.15. The Balaban J connectivity index is 1.28. The number of carbonyl (C=O) groups excluding carboxylic acids is 6. The van der Waals surface area contributed by atoms with E-state index in [4.69, 9.17) is 9.47 Å². The van der Waals surface area contributed by atoms with Crippen LogP contribution in [0.2, 0.25) is 0 Å². The van der Waals surface area contributed by atoms with E-state index < -0.39 is 80.2 Å². The maximum atomic E-state index is 14.4. The number of benzene rings is 1. The Labute approximate surface area is 321 Å². The Bertz CT molecular complexity index is 1850. The molecule has 0 spiro atoms. The molecule has 6 amide bonds. The second kappa shape index (κ2) is 15.8. The van der Waals surface area contributed by atoms with Gasteiger partial charge in [-0.2, -0.15) is 0 Å². The van der Waals surface area contributed by atoms with Crippen LogP contribution in [0.25, 0.3) is 0 Å². The third-order valence-corrected chi connectivity index (χ3v) is 13.2. The van der Waals surface area contributed by atoms with Crippen molar-refractivity contribution >= 4 is 45.8 Å². The van der Waals surface area contributed by atoms with Gasteiger partial charge in [-0.05, 0) is 72.6 Å². The van der Waals surface area contributed by atoms with Gasteiger partial charge in [0.05, 0.1) is 18.4 Å². The third-order valence-electron chi connectivity index (χ3n) is 11.4. The Morgan fingerprint density at radius 1 is 1.09 bits per heavy atom. The van der Waals surface area contributed by atoms with Gasteiger partial charge in [-0.25, -0.2) is 18.0 Å². The highest BCUT2D eigenvalue weighted by Crippen LogP contribution is 2.47. The molecule has 0 radical (unpaired) electrons. The minimum Gasteiger partial charge on any atom is -0.449 e. The first-order chi connectivity index (χ1) is 26.1. The molecule has 16 nitrogen and oxygen atoms in total. The van der Waals surface area contributed by atoms with Crippen LogP contribution in [0.5, 0.6) is 0 Å². The van der Waals surface area contributed by atoms with Crippen molar-refractivity contribution in [2.45, 2.75) is 121 Å². The molecule has 6 rings (SSSR count).